The van der Waals surface area contributed by atoms with Crippen molar-refractivity contribution in [2.75, 3.05) is 13.1 Å². The topological polar surface area (TPSA) is 123 Å². The minimum Gasteiger partial charge on any atom is -0.370 e. The number of amides is 1. The molecular weight excluding hydrogens is 280 g/mol. The Balaban J connectivity index is 1.89. The van der Waals surface area contributed by atoms with E-state index in [-0.39, 0.29) is 17.8 Å². The van der Waals surface area contributed by atoms with Gasteiger partial charge in [-0.05, 0) is 37.0 Å². The maximum atomic E-state index is 12.0. The molecular formula is C15H22N6O. The highest BCUT2D eigenvalue weighted by Gasteiger charge is 2.17. The predicted octanol–water partition coefficient (Wildman–Crippen LogP) is 0.461. The molecule has 1 fully saturated rings. The van der Waals surface area contributed by atoms with Crippen molar-refractivity contribution in [3.63, 3.8) is 0 Å². The van der Waals surface area contributed by atoms with Gasteiger partial charge in [0.2, 0.25) is 11.9 Å². The maximum absolute atomic E-state index is 12.0. The lowest BCUT2D eigenvalue weighted by Gasteiger charge is -2.14. The van der Waals surface area contributed by atoms with Gasteiger partial charge >= 0.3 is 0 Å². The SMILES string of the molecule is NC(N)=NC(N)=Nc1ccc(CCC(=O)N2CCCC2)cc1. The first-order valence-electron chi connectivity index (χ1n) is 7.35. The average Bonchev–Trinajstić information content (AvgIpc) is 2.99. The number of carbonyl (C=O) groups excluding carboxylic acids is 1. The summed E-state index contributed by atoms with van der Waals surface area (Å²) >= 11 is 0. The number of rotatable bonds is 4. The molecule has 0 spiro atoms. The van der Waals surface area contributed by atoms with E-state index in [9.17, 15) is 4.79 Å². The van der Waals surface area contributed by atoms with Crippen LogP contribution in [0.4, 0.5) is 5.69 Å². The molecule has 22 heavy (non-hydrogen) atoms. The molecule has 1 saturated heterocycles. The monoisotopic (exact) mass is 302 g/mol. The average molecular weight is 302 g/mol. The van der Waals surface area contributed by atoms with Gasteiger partial charge < -0.3 is 22.1 Å². The second kappa shape index (κ2) is 7.44. The molecule has 7 nitrogen and oxygen atoms in total. The Kier molecular flexibility index (Phi) is 5.35. The zero-order valence-electron chi connectivity index (χ0n) is 12.5. The van der Waals surface area contributed by atoms with E-state index >= 15 is 0 Å². The Morgan fingerprint density at radius 1 is 1.09 bits per heavy atom. The van der Waals surface area contributed by atoms with Crippen molar-refractivity contribution in [2.24, 2.45) is 27.2 Å². The fourth-order valence-corrected chi connectivity index (χ4v) is 2.40. The van der Waals surface area contributed by atoms with Gasteiger partial charge in [0.25, 0.3) is 0 Å². The lowest BCUT2D eigenvalue weighted by atomic mass is 10.1. The summed E-state index contributed by atoms with van der Waals surface area (Å²) in [6, 6.07) is 7.51. The number of carbonyl (C=O) groups is 1. The van der Waals surface area contributed by atoms with E-state index in [0.29, 0.717) is 12.1 Å². The van der Waals surface area contributed by atoms with Crippen LogP contribution >= 0.6 is 0 Å². The summed E-state index contributed by atoms with van der Waals surface area (Å²) in [6.07, 6.45) is 3.51. The van der Waals surface area contributed by atoms with E-state index in [0.717, 1.165) is 37.9 Å². The zero-order chi connectivity index (χ0) is 15.9. The molecule has 0 aliphatic carbocycles. The van der Waals surface area contributed by atoms with Gasteiger partial charge in [-0.2, -0.15) is 4.99 Å². The minimum absolute atomic E-state index is 0.0111. The van der Waals surface area contributed by atoms with Gasteiger partial charge in [0, 0.05) is 19.5 Å². The molecule has 1 aromatic rings. The van der Waals surface area contributed by atoms with Gasteiger partial charge in [0.15, 0.2) is 5.96 Å². The number of aliphatic imine (C=N–C) groups is 2. The van der Waals surface area contributed by atoms with Crippen molar-refractivity contribution in [3.05, 3.63) is 29.8 Å². The third kappa shape index (κ3) is 4.76. The molecule has 1 aliphatic rings. The van der Waals surface area contributed by atoms with Crippen molar-refractivity contribution in [2.45, 2.75) is 25.7 Å². The van der Waals surface area contributed by atoms with Crippen molar-refractivity contribution in [1.82, 2.24) is 4.90 Å². The number of aryl methyl sites for hydroxylation is 1. The van der Waals surface area contributed by atoms with E-state index in [1.165, 1.54) is 0 Å². The van der Waals surface area contributed by atoms with Gasteiger partial charge in [-0.3, -0.25) is 4.79 Å². The maximum Gasteiger partial charge on any atom is 0.223 e. The van der Waals surface area contributed by atoms with Gasteiger partial charge in [-0.1, -0.05) is 12.1 Å². The second-order valence-corrected chi connectivity index (χ2v) is 5.26. The van der Waals surface area contributed by atoms with E-state index in [2.05, 4.69) is 9.98 Å². The zero-order valence-corrected chi connectivity index (χ0v) is 12.5. The first kappa shape index (κ1) is 15.8. The van der Waals surface area contributed by atoms with E-state index in [4.69, 9.17) is 17.2 Å². The third-order valence-corrected chi connectivity index (χ3v) is 3.51. The Hall–Kier alpha value is -2.57. The first-order chi connectivity index (χ1) is 10.5. The van der Waals surface area contributed by atoms with Gasteiger partial charge in [0.05, 0.1) is 5.69 Å². The van der Waals surface area contributed by atoms with Crippen molar-refractivity contribution >= 4 is 23.5 Å². The molecule has 0 unspecified atom stereocenters. The molecule has 7 heteroatoms. The number of benzene rings is 1. The predicted molar refractivity (Wildman–Crippen MR) is 87.7 cm³/mol. The second-order valence-electron chi connectivity index (χ2n) is 5.26. The van der Waals surface area contributed by atoms with Crippen LogP contribution in [0.25, 0.3) is 0 Å². The summed E-state index contributed by atoms with van der Waals surface area (Å²) in [5.41, 5.74) is 17.8. The molecule has 1 aromatic carbocycles. The largest absolute Gasteiger partial charge is 0.370 e. The molecule has 2 rings (SSSR count). The number of guanidine groups is 2. The summed E-state index contributed by atoms with van der Waals surface area (Å²) in [5, 5.41) is 0. The smallest absolute Gasteiger partial charge is 0.223 e. The highest BCUT2D eigenvalue weighted by Crippen LogP contribution is 2.15. The summed E-state index contributed by atoms with van der Waals surface area (Å²) in [6.45, 7) is 1.80. The van der Waals surface area contributed by atoms with Crippen molar-refractivity contribution < 1.29 is 4.79 Å². The quantitative estimate of drug-likeness (QED) is 0.552. The van der Waals surface area contributed by atoms with Crippen LogP contribution in [-0.4, -0.2) is 35.8 Å². The lowest BCUT2D eigenvalue weighted by Crippen LogP contribution is -2.27. The van der Waals surface area contributed by atoms with Gasteiger partial charge in [-0.15, -0.1) is 0 Å². The molecule has 1 amide bonds. The molecule has 0 saturated carbocycles. The fraction of sp³-hybridized carbons (Fsp3) is 0.400. The lowest BCUT2D eigenvalue weighted by molar-refractivity contribution is -0.130. The van der Waals surface area contributed by atoms with Crippen LogP contribution in [0.3, 0.4) is 0 Å². The molecule has 0 radical (unpaired) electrons. The fourth-order valence-electron chi connectivity index (χ4n) is 2.40. The number of hydrogen-bond acceptors (Lipinski definition) is 2. The molecule has 0 atom stereocenters. The van der Waals surface area contributed by atoms with Crippen molar-refractivity contribution in [3.8, 4) is 0 Å². The first-order valence-corrected chi connectivity index (χ1v) is 7.35. The molecule has 0 aromatic heterocycles. The van der Waals surface area contributed by atoms with E-state index in [1.807, 2.05) is 29.2 Å². The van der Waals surface area contributed by atoms with Gasteiger partial charge in [0.1, 0.15) is 0 Å². The minimum atomic E-state index is -0.127. The Morgan fingerprint density at radius 3 is 2.32 bits per heavy atom. The van der Waals surface area contributed by atoms with Crippen LogP contribution < -0.4 is 17.2 Å². The number of nitrogens with zero attached hydrogens (tertiary/aromatic N) is 3. The Morgan fingerprint density at radius 2 is 1.73 bits per heavy atom. The highest BCUT2D eigenvalue weighted by atomic mass is 16.2. The van der Waals surface area contributed by atoms with Gasteiger partial charge in [-0.25, -0.2) is 4.99 Å². The van der Waals surface area contributed by atoms with Crippen LogP contribution in [0.15, 0.2) is 34.3 Å². The normalized spacial score (nSPS) is 14.9. The molecule has 6 N–H and O–H groups in total. The van der Waals surface area contributed by atoms with Crippen LogP contribution in [0.2, 0.25) is 0 Å². The third-order valence-electron chi connectivity index (χ3n) is 3.51. The van der Waals surface area contributed by atoms with E-state index < -0.39 is 0 Å². The Labute approximate surface area is 129 Å². The van der Waals surface area contributed by atoms with E-state index in [1.54, 1.807) is 0 Å². The summed E-state index contributed by atoms with van der Waals surface area (Å²) in [5.74, 6) is 0.117. The summed E-state index contributed by atoms with van der Waals surface area (Å²) in [4.78, 5) is 21.6. The molecule has 1 aliphatic heterocycles. The number of nitrogens with two attached hydrogens (primary N) is 3. The van der Waals surface area contributed by atoms with Crippen LogP contribution in [-0.2, 0) is 11.2 Å². The summed E-state index contributed by atoms with van der Waals surface area (Å²) < 4.78 is 0. The number of hydrogen-bond donors (Lipinski definition) is 3. The van der Waals surface area contributed by atoms with Crippen LogP contribution in [0.5, 0.6) is 0 Å². The number of likely N-dealkylation sites (tertiary alicyclic amines) is 1. The molecule has 0 bridgehead atoms. The summed E-state index contributed by atoms with van der Waals surface area (Å²) in [7, 11) is 0. The standard InChI is InChI=1S/C15H22N6O/c16-14(17)20-15(18)19-12-6-3-11(4-7-12)5-8-13(22)21-9-1-2-10-21/h3-4,6-7H,1-2,5,8-10H2,(H6,16,17,18,19,20). The van der Waals surface area contributed by atoms with Crippen molar-refractivity contribution in [1.29, 1.82) is 0 Å². The Bertz CT molecular complexity index is 568. The molecule has 118 valence electrons. The van der Waals surface area contributed by atoms with Crippen LogP contribution in [0.1, 0.15) is 24.8 Å². The molecule has 1 heterocycles. The highest BCUT2D eigenvalue weighted by molar-refractivity contribution is 5.93. The van der Waals surface area contributed by atoms with Crippen LogP contribution in [0, 0.1) is 0 Å².